The summed E-state index contributed by atoms with van der Waals surface area (Å²) in [5.74, 6) is -0.0913. The first kappa shape index (κ1) is 14.6. The van der Waals surface area contributed by atoms with Gasteiger partial charge in [-0.05, 0) is 70.7 Å². The van der Waals surface area contributed by atoms with Crippen molar-refractivity contribution in [3.63, 3.8) is 0 Å². The molecule has 0 aliphatic carbocycles. The van der Waals surface area contributed by atoms with Gasteiger partial charge in [-0.25, -0.2) is 0 Å². The van der Waals surface area contributed by atoms with Crippen LogP contribution < -0.4 is 10.6 Å². The Balaban J connectivity index is 1.82. The summed E-state index contributed by atoms with van der Waals surface area (Å²) in [5, 5.41) is 6.28. The van der Waals surface area contributed by atoms with Gasteiger partial charge in [0.15, 0.2) is 0 Å². The summed E-state index contributed by atoms with van der Waals surface area (Å²) in [6.45, 7) is 1.00. The van der Waals surface area contributed by atoms with Crippen molar-refractivity contribution in [3.05, 3.63) is 56.5 Å². The number of fused-ring (bicyclic) bond motifs is 1. The minimum absolute atomic E-state index is 0.0913. The molecule has 0 atom stereocenters. The highest BCUT2D eigenvalue weighted by Gasteiger charge is 2.13. The fourth-order valence-corrected chi connectivity index (χ4v) is 3.55. The molecular formula is C16H14Br2N2O. The molecule has 1 aliphatic heterocycles. The monoisotopic (exact) mass is 408 g/mol. The molecule has 2 aromatic carbocycles. The first-order chi connectivity index (χ1) is 10.1. The molecule has 0 unspecified atom stereocenters. The summed E-state index contributed by atoms with van der Waals surface area (Å²) in [6, 6.07) is 11.5. The molecule has 3 rings (SSSR count). The average Bonchev–Trinajstić information content (AvgIpc) is 2.49. The molecule has 0 saturated carbocycles. The molecule has 1 aliphatic rings. The third kappa shape index (κ3) is 3.30. The number of nitrogens with one attached hydrogen (secondary N) is 2. The third-order valence-electron chi connectivity index (χ3n) is 3.49. The van der Waals surface area contributed by atoms with Crippen LogP contribution in [0.2, 0.25) is 0 Å². The highest BCUT2D eigenvalue weighted by atomic mass is 79.9. The Hall–Kier alpha value is -1.33. The van der Waals surface area contributed by atoms with Gasteiger partial charge in [-0.3, -0.25) is 4.79 Å². The van der Waals surface area contributed by atoms with Crippen molar-refractivity contribution in [2.24, 2.45) is 0 Å². The number of hydrogen-bond donors (Lipinski definition) is 2. The van der Waals surface area contributed by atoms with Crippen molar-refractivity contribution < 1.29 is 4.79 Å². The number of carbonyl (C=O) groups is 1. The smallest absolute Gasteiger partial charge is 0.255 e. The van der Waals surface area contributed by atoms with Crippen LogP contribution in [0.5, 0.6) is 0 Å². The summed E-state index contributed by atoms with van der Waals surface area (Å²) >= 11 is 6.85. The quantitative estimate of drug-likeness (QED) is 0.746. The fraction of sp³-hybridized carbons (Fsp3) is 0.188. The molecule has 0 radical (unpaired) electrons. The zero-order valence-electron chi connectivity index (χ0n) is 11.2. The summed E-state index contributed by atoms with van der Waals surface area (Å²) in [7, 11) is 0. The summed E-state index contributed by atoms with van der Waals surface area (Å²) in [5.41, 5.74) is 3.80. The van der Waals surface area contributed by atoms with Gasteiger partial charge < -0.3 is 10.6 Å². The predicted molar refractivity (Wildman–Crippen MR) is 93.0 cm³/mol. The molecule has 2 aromatic rings. The lowest BCUT2D eigenvalue weighted by Crippen LogP contribution is -2.15. The van der Waals surface area contributed by atoms with E-state index in [1.807, 2.05) is 36.4 Å². The van der Waals surface area contributed by atoms with Gasteiger partial charge >= 0.3 is 0 Å². The predicted octanol–water partition coefficient (Wildman–Crippen LogP) is 4.82. The van der Waals surface area contributed by atoms with Crippen LogP contribution in [-0.4, -0.2) is 12.5 Å². The molecular weight excluding hydrogens is 396 g/mol. The van der Waals surface area contributed by atoms with Crippen LogP contribution in [0.1, 0.15) is 22.3 Å². The van der Waals surface area contributed by atoms with Crippen LogP contribution in [-0.2, 0) is 6.42 Å². The number of rotatable bonds is 2. The van der Waals surface area contributed by atoms with Crippen LogP contribution in [0.3, 0.4) is 0 Å². The summed E-state index contributed by atoms with van der Waals surface area (Å²) in [4.78, 5) is 12.4. The van der Waals surface area contributed by atoms with E-state index in [-0.39, 0.29) is 5.91 Å². The van der Waals surface area contributed by atoms with Gasteiger partial charge in [-0.15, -0.1) is 0 Å². The Bertz CT molecular complexity index is 701. The minimum atomic E-state index is -0.0913. The molecule has 0 bridgehead atoms. The Labute approximate surface area is 140 Å². The summed E-state index contributed by atoms with van der Waals surface area (Å²) < 4.78 is 1.82. The molecule has 1 heterocycles. The van der Waals surface area contributed by atoms with Crippen molar-refractivity contribution in [2.75, 3.05) is 17.2 Å². The highest BCUT2D eigenvalue weighted by molar-refractivity contribution is 9.11. The Morgan fingerprint density at radius 3 is 2.81 bits per heavy atom. The lowest BCUT2D eigenvalue weighted by atomic mass is 10.0. The largest absolute Gasteiger partial charge is 0.385 e. The lowest BCUT2D eigenvalue weighted by Gasteiger charge is -2.18. The second kappa shape index (κ2) is 6.20. The number of hydrogen-bond acceptors (Lipinski definition) is 2. The summed E-state index contributed by atoms with van der Waals surface area (Å²) in [6.07, 6.45) is 2.13. The number of aryl methyl sites for hydroxylation is 1. The van der Waals surface area contributed by atoms with E-state index in [2.05, 4.69) is 42.5 Å². The SMILES string of the molecule is O=C(Nc1ccc(Br)cc1Br)c1ccc2c(c1)CCCN2. The number of benzene rings is 2. The van der Waals surface area contributed by atoms with E-state index in [0.29, 0.717) is 5.56 Å². The van der Waals surface area contributed by atoms with E-state index >= 15 is 0 Å². The molecule has 108 valence electrons. The number of amides is 1. The van der Waals surface area contributed by atoms with Gasteiger partial charge in [0, 0.05) is 26.7 Å². The van der Waals surface area contributed by atoms with E-state index in [4.69, 9.17) is 0 Å². The molecule has 1 amide bonds. The first-order valence-electron chi connectivity index (χ1n) is 6.77. The van der Waals surface area contributed by atoms with Crippen molar-refractivity contribution in [3.8, 4) is 0 Å². The molecule has 2 N–H and O–H groups in total. The standard InChI is InChI=1S/C16H14Br2N2O/c17-12-4-6-15(13(18)9-12)20-16(21)11-3-5-14-10(8-11)2-1-7-19-14/h3-6,8-9,19H,1-2,7H2,(H,20,21). The highest BCUT2D eigenvalue weighted by Crippen LogP contribution is 2.27. The number of carbonyl (C=O) groups excluding carboxylic acids is 1. The van der Waals surface area contributed by atoms with Gasteiger partial charge in [0.2, 0.25) is 0 Å². The lowest BCUT2D eigenvalue weighted by molar-refractivity contribution is 0.102. The van der Waals surface area contributed by atoms with E-state index in [1.165, 1.54) is 5.56 Å². The van der Waals surface area contributed by atoms with Gasteiger partial charge in [0.25, 0.3) is 5.91 Å². The maximum absolute atomic E-state index is 12.4. The van der Waals surface area contributed by atoms with E-state index in [0.717, 1.165) is 39.7 Å². The molecule has 21 heavy (non-hydrogen) atoms. The maximum Gasteiger partial charge on any atom is 0.255 e. The van der Waals surface area contributed by atoms with E-state index in [1.54, 1.807) is 0 Å². The average molecular weight is 410 g/mol. The van der Waals surface area contributed by atoms with Crippen LogP contribution in [0.15, 0.2) is 45.3 Å². The number of halogens is 2. The van der Waals surface area contributed by atoms with Crippen LogP contribution in [0.25, 0.3) is 0 Å². The topological polar surface area (TPSA) is 41.1 Å². The first-order valence-corrected chi connectivity index (χ1v) is 8.35. The van der Waals surface area contributed by atoms with Gasteiger partial charge in [-0.1, -0.05) is 15.9 Å². The zero-order chi connectivity index (χ0) is 14.8. The van der Waals surface area contributed by atoms with Crippen molar-refractivity contribution in [1.82, 2.24) is 0 Å². The van der Waals surface area contributed by atoms with Gasteiger partial charge in [0.1, 0.15) is 0 Å². The van der Waals surface area contributed by atoms with Crippen LogP contribution >= 0.6 is 31.9 Å². The molecule has 5 heteroatoms. The Morgan fingerprint density at radius 2 is 2.00 bits per heavy atom. The second-order valence-electron chi connectivity index (χ2n) is 4.98. The molecule has 0 fully saturated rings. The van der Waals surface area contributed by atoms with Crippen molar-refractivity contribution >= 4 is 49.1 Å². The van der Waals surface area contributed by atoms with E-state index < -0.39 is 0 Å². The molecule has 0 saturated heterocycles. The van der Waals surface area contributed by atoms with E-state index in [9.17, 15) is 4.79 Å². The third-order valence-corrected chi connectivity index (χ3v) is 4.63. The number of anilines is 2. The molecule has 0 aromatic heterocycles. The van der Waals surface area contributed by atoms with Crippen molar-refractivity contribution in [2.45, 2.75) is 12.8 Å². The zero-order valence-corrected chi connectivity index (χ0v) is 14.4. The van der Waals surface area contributed by atoms with Crippen LogP contribution in [0.4, 0.5) is 11.4 Å². The Morgan fingerprint density at radius 1 is 1.14 bits per heavy atom. The minimum Gasteiger partial charge on any atom is -0.385 e. The van der Waals surface area contributed by atoms with Crippen LogP contribution in [0, 0.1) is 0 Å². The Kier molecular flexibility index (Phi) is 4.31. The van der Waals surface area contributed by atoms with Gasteiger partial charge in [-0.2, -0.15) is 0 Å². The maximum atomic E-state index is 12.4. The fourth-order valence-electron chi connectivity index (χ4n) is 2.40. The van der Waals surface area contributed by atoms with Crippen molar-refractivity contribution in [1.29, 1.82) is 0 Å². The molecule has 0 spiro atoms. The second-order valence-corrected chi connectivity index (χ2v) is 6.75. The van der Waals surface area contributed by atoms with Gasteiger partial charge in [0.05, 0.1) is 5.69 Å². The normalized spacial score (nSPS) is 13.2. The molecule has 3 nitrogen and oxygen atoms in total.